The average molecular weight is 295 g/mol. The number of likely N-dealkylation sites (tertiary alicyclic amines) is 1. The molecule has 0 bridgehead atoms. The summed E-state index contributed by atoms with van der Waals surface area (Å²) in [5.74, 6) is 0.456. The van der Waals surface area contributed by atoms with Gasteiger partial charge in [-0.05, 0) is 57.5 Å². The lowest BCUT2D eigenvalue weighted by Gasteiger charge is -2.31. The third-order valence-electron chi connectivity index (χ3n) is 3.64. The molecule has 0 saturated carbocycles. The number of amides is 1. The van der Waals surface area contributed by atoms with Crippen molar-refractivity contribution < 1.29 is 4.79 Å². The van der Waals surface area contributed by atoms with Crippen LogP contribution >= 0.6 is 11.6 Å². The highest BCUT2D eigenvalue weighted by Crippen LogP contribution is 2.14. The predicted octanol–water partition coefficient (Wildman–Crippen LogP) is 3.03. The van der Waals surface area contributed by atoms with Crippen LogP contribution in [0.1, 0.15) is 42.6 Å². The molecule has 1 aliphatic heterocycles. The van der Waals surface area contributed by atoms with Gasteiger partial charge in [0.15, 0.2) is 0 Å². The molecule has 0 atom stereocenters. The summed E-state index contributed by atoms with van der Waals surface area (Å²) >= 11 is 5.75. The summed E-state index contributed by atoms with van der Waals surface area (Å²) in [4.78, 5) is 14.7. The number of nitrogens with zero attached hydrogens (tertiary/aromatic N) is 1. The van der Waals surface area contributed by atoms with Crippen molar-refractivity contribution in [2.45, 2.75) is 38.1 Å². The Morgan fingerprint density at radius 1 is 1.25 bits per heavy atom. The van der Waals surface area contributed by atoms with Crippen LogP contribution in [0.2, 0.25) is 0 Å². The van der Waals surface area contributed by atoms with Crippen LogP contribution in [-0.4, -0.2) is 36.0 Å². The first-order valence-corrected chi connectivity index (χ1v) is 7.73. The first kappa shape index (κ1) is 15.3. The Kier molecular flexibility index (Phi) is 5.06. The topological polar surface area (TPSA) is 32.3 Å². The lowest BCUT2D eigenvalue weighted by atomic mass is 10.0. The van der Waals surface area contributed by atoms with Crippen LogP contribution in [0.5, 0.6) is 0 Å². The van der Waals surface area contributed by atoms with Crippen LogP contribution in [0.4, 0.5) is 0 Å². The smallest absolute Gasteiger partial charge is 0.251 e. The molecule has 1 saturated heterocycles. The molecule has 1 heterocycles. The molecule has 1 aromatic carbocycles. The fourth-order valence-corrected chi connectivity index (χ4v) is 2.84. The molecule has 1 N–H and O–H groups in total. The van der Waals surface area contributed by atoms with Gasteiger partial charge in [0.25, 0.3) is 5.91 Å². The lowest BCUT2D eigenvalue weighted by Crippen LogP contribution is -2.50. The van der Waals surface area contributed by atoms with E-state index >= 15 is 0 Å². The van der Waals surface area contributed by atoms with Gasteiger partial charge in [-0.2, -0.15) is 0 Å². The van der Waals surface area contributed by atoms with Crippen molar-refractivity contribution in [3.8, 4) is 0 Å². The normalized spacial score (nSPS) is 16.4. The minimum absolute atomic E-state index is 0.0182. The van der Waals surface area contributed by atoms with Gasteiger partial charge in [0.1, 0.15) is 0 Å². The zero-order valence-electron chi connectivity index (χ0n) is 12.3. The second-order valence-corrected chi connectivity index (χ2v) is 6.42. The molecule has 1 amide bonds. The van der Waals surface area contributed by atoms with E-state index in [0.29, 0.717) is 11.4 Å². The van der Waals surface area contributed by atoms with E-state index in [1.165, 1.54) is 12.8 Å². The number of hydrogen-bond acceptors (Lipinski definition) is 2. The van der Waals surface area contributed by atoms with Crippen LogP contribution in [0.25, 0.3) is 0 Å². The Labute approximate surface area is 126 Å². The summed E-state index contributed by atoms with van der Waals surface area (Å²) in [6.07, 6.45) is 2.54. The van der Waals surface area contributed by atoms with E-state index in [4.69, 9.17) is 11.6 Å². The van der Waals surface area contributed by atoms with Crippen molar-refractivity contribution in [2.75, 3.05) is 19.6 Å². The van der Waals surface area contributed by atoms with Crippen molar-refractivity contribution in [1.29, 1.82) is 0 Å². The maximum Gasteiger partial charge on any atom is 0.251 e. The van der Waals surface area contributed by atoms with Gasteiger partial charge in [0.2, 0.25) is 0 Å². The number of carbonyl (C=O) groups excluding carboxylic acids is 1. The number of alkyl halides is 1. The fraction of sp³-hybridized carbons (Fsp3) is 0.562. The van der Waals surface area contributed by atoms with Crippen molar-refractivity contribution in [3.05, 3.63) is 35.4 Å². The maximum absolute atomic E-state index is 12.3. The second-order valence-electron chi connectivity index (χ2n) is 6.15. The number of rotatable bonds is 5. The Bertz CT molecular complexity index is 450. The number of benzene rings is 1. The third kappa shape index (κ3) is 4.22. The van der Waals surface area contributed by atoms with Crippen molar-refractivity contribution in [1.82, 2.24) is 10.2 Å². The Balaban J connectivity index is 1.94. The van der Waals surface area contributed by atoms with Crippen LogP contribution in [0.15, 0.2) is 24.3 Å². The molecule has 20 heavy (non-hydrogen) atoms. The van der Waals surface area contributed by atoms with Gasteiger partial charge in [-0.3, -0.25) is 4.79 Å². The summed E-state index contributed by atoms with van der Waals surface area (Å²) in [6.45, 7) is 7.35. The van der Waals surface area contributed by atoms with E-state index in [1.807, 2.05) is 24.3 Å². The van der Waals surface area contributed by atoms with Gasteiger partial charge in [0.05, 0.1) is 0 Å². The summed E-state index contributed by atoms with van der Waals surface area (Å²) < 4.78 is 0. The number of carbonyl (C=O) groups is 1. The summed E-state index contributed by atoms with van der Waals surface area (Å²) in [5.41, 5.74) is 1.50. The molecule has 0 unspecified atom stereocenters. The molecule has 1 aliphatic rings. The molecule has 1 fully saturated rings. The summed E-state index contributed by atoms with van der Waals surface area (Å²) in [5, 5.41) is 3.12. The van der Waals surface area contributed by atoms with Gasteiger partial charge in [-0.15, -0.1) is 11.6 Å². The van der Waals surface area contributed by atoms with E-state index in [0.717, 1.165) is 25.2 Å². The maximum atomic E-state index is 12.3. The van der Waals surface area contributed by atoms with Gasteiger partial charge in [0, 0.05) is 23.5 Å². The zero-order valence-corrected chi connectivity index (χ0v) is 13.0. The minimum Gasteiger partial charge on any atom is -0.346 e. The third-order valence-corrected chi connectivity index (χ3v) is 3.95. The van der Waals surface area contributed by atoms with Gasteiger partial charge in [-0.25, -0.2) is 0 Å². The average Bonchev–Trinajstić information content (AvgIpc) is 2.90. The molecule has 1 aromatic rings. The standard InChI is InChI=1S/C16H23ClN2O/c1-16(2,12-19-9-3-4-10-19)18-15(20)14-7-5-13(11-17)6-8-14/h5-8H,3-4,9-12H2,1-2H3,(H,18,20). The molecule has 3 nitrogen and oxygen atoms in total. The number of hydrogen-bond donors (Lipinski definition) is 1. The highest BCUT2D eigenvalue weighted by Gasteiger charge is 2.25. The SMILES string of the molecule is CC(C)(CN1CCCC1)NC(=O)c1ccc(CCl)cc1. The first-order chi connectivity index (χ1) is 9.50. The Morgan fingerprint density at radius 3 is 2.40 bits per heavy atom. The van der Waals surface area contributed by atoms with E-state index in [9.17, 15) is 4.79 Å². The largest absolute Gasteiger partial charge is 0.346 e. The number of halogens is 1. The molecule has 0 aliphatic carbocycles. The molecular formula is C16H23ClN2O. The highest BCUT2D eigenvalue weighted by molar-refractivity contribution is 6.17. The lowest BCUT2D eigenvalue weighted by molar-refractivity contribution is 0.0894. The summed E-state index contributed by atoms with van der Waals surface area (Å²) in [7, 11) is 0. The van der Waals surface area contributed by atoms with Crippen molar-refractivity contribution >= 4 is 17.5 Å². The molecule has 0 aromatic heterocycles. The predicted molar refractivity (Wildman–Crippen MR) is 83.2 cm³/mol. The zero-order chi connectivity index (χ0) is 14.6. The fourth-order valence-electron chi connectivity index (χ4n) is 2.66. The van der Waals surface area contributed by atoms with Gasteiger partial charge < -0.3 is 10.2 Å². The van der Waals surface area contributed by atoms with E-state index in [2.05, 4.69) is 24.1 Å². The highest BCUT2D eigenvalue weighted by atomic mass is 35.5. The van der Waals surface area contributed by atoms with Crippen LogP contribution < -0.4 is 5.32 Å². The van der Waals surface area contributed by atoms with Crippen molar-refractivity contribution in [2.24, 2.45) is 0 Å². The Morgan fingerprint density at radius 2 is 1.85 bits per heavy atom. The van der Waals surface area contributed by atoms with E-state index < -0.39 is 0 Å². The molecule has 2 rings (SSSR count). The molecule has 110 valence electrons. The minimum atomic E-state index is -0.216. The quantitative estimate of drug-likeness (QED) is 0.847. The summed E-state index contributed by atoms with van der Waals surface area (Å²) in [6, 6.07) is 7.46. The molecule has 4 heteroatoms. The Hall–Kier alpha value is -1.06. The van der Waals surface area contributed by atoms with E-state index in [-0.39, 0.29) is 11.4 Å². The number of nitrogens with one attached hydrogen (secondary N) is 1. The molecule has 0 radical (unpaired) electrons. The molecule has 0 spiro atoms. The van der Waals surface area contributed by atoms with Gasteiger partial charge >= 0.3 is 0 Å². The molecular weight excluding hydrogens is 272 g/mol. The van der Waals surface area contributed by atoms with Gasteiger partial charge in [-0.1, -0.05) is 12.1 Å². The van der Waals surface area contributed by atoms with Crippen LogP contribution in [-0.2, 0) is 5.88 Å². The van der Waals surface area contributed by atoms with E-state index in [1.54, 1.807) is 0 Å². The monoisotopic (exact) mass is 294 g/mol. The van der Waals surface area contributed by atoms with Crippen LogP contribution in [0.3, 0.4) is 0 Å². The van der Waals surface area contributed by atoms with Crippen molar-refractivity contribution in [3.63, 3.8) is 0 Å². The van der Waals surface area contributed by atoms with Crippen LogP contribution in [0, 0.1) is 0 Å². The first-order valence-electron chi connectivity index (χ1n) is 7.20. The second kappa shape index (κ2) is 6.59.